The standard InChI is InChI=1S/C13H8N4/c1-2-6-10-9(5-1)14-12-11-7-3-4-8-17(11)16-13(12)15-10/h1-8H. The Hall–Kier alpha value is -2.49. The van der Waals surface area contributed by atoms with Gasteiger partial charge in [0.2, 0.25) is 5.65 Å². The summed E-state index contributed by atoms with van der Waals surface area (Å²) in [6.45, 7) is 0. The molecule has 1 aromatic carbocycles. The van der Waals surface area contributed by atoms with Crippen LogP contribution in [0.3, 0.4) is 0 Å². The smallest absolute Gasteiger partial charge is 0.201 e. The SMILES string of the molecule is c1ccc2nc3c(nc2c1)nn1ccccc31. The molecule has 0 unspecified atom stereocenters. The highest BCUT2D eigenvalue weighted by Crippen LogP contribution is 2.18. The normalized spacial score (nSPS) is 11.5. The van der Waals surface area contributed by atoms with E-state index < -0.39 is 0 Å². The summed E-state index contributed by atoms with van der Waals surface area (Å²) >= 11 is 0. The molecule has 3 heterocycles. The lowest BCUT2D eigenvalue weighted by molar-refractivity contribution is 0.973. The predicted molar refractivity (Wildman–Crippen MR) is 65.8 cm³/mol. The van der Waals surface area contributed by atoms with E-state index in [-0.39, 0.29) is 0 Å². The fourth-order valence-corrected chi connectivity index (χ4v) is 2.04. The van der Waals surface area contributed by atoms with Crippen LogP contribution in [0.25, 0.3) is 27.7 Å². The Morgan fingerprint density at radius 3 is 2.47 bits per heavy atom. The second-order valence-corrected chi connectivity index (χ2v) is 3.91. The van der Waals surface area contributed by atoms with Crippen LogP contribution in [0.15, 0.2) is 48.7 Å². The monoisotopic (exact) mass is 220 g/mol. The Bertz CT molecular complexity index is 842. The van der Waals surface area contributed by atoms with Crippen LogP contribution in [-0.2, 0) is 0 Å². The van der Waals surface area contributed by atoms with Crippen molar-refractivity contribution in [3.63, 3.8) is 0 Å². The van der Waals surface area contributed by atoms with E-state index in [4.69, 9.17) is 0 Å². The van der Waals surface area contributed by atoms with E-state index in [1.54, 1.807) is 0 Å². The van der Waals surface area contributed by atoms with Crippen molar-refractivity contribution in [3.8, 4) is 0 Å². The Balaban J connectivity index is 2.28. The number of fused-ring (bicyclic) bond motifs is 4. The number of hydrogen-bond donors (Lipinski definition) is 0. The zero-order valence-corrected chi connectivity index (χ0v) is 8.91. The molecule has 4 heteroatoms. The van der Waals surface area contributed by atoms with Crippen LogP contribution < -0.4 is 0 Å². The largest absolute Gasteiger partial charge is 0.240 e. The van der Waals surface area contributed by atoms with E-state index in [9.17, 15) is 0 Å². The molecule has 4 nitrogen and oxygen atoms in total. The Kier molecular flexibility index (Phi) is 1.53. The number of nitrogens with zero attached hydrogens (tertiary/aromatic N) is 4. The summed E-state index contributed by atoms with van der Waals surface area (Å²) in [4.78, 5) is 9.14. The van der Waals surface area contributed by atoms with Crippen molar-refractivity contribution in [2.45, 2.75) is 0 Å². The van der Waals surface area contributed by atoms with E-state index in [0.29, 0.717) is 5.65 Å². The first-order chi connectivity index (χ1) is 8.42. The second kappa shape index (κ2) is 3.01. The summed E-state index contributed by atoms with van der Waals surface area (Å²) in [6.07, 6.45) is 1.91. The van der Waals surface area contributed by atoms with Gasteiger partial charge in [-0.25, -0.2) is 14.5 Å². The number of rotatable bonds is 0. The van der Waals surface area contributed by atoms with Gasteiger partial charge in [-0.3, -0.25) is 0 Å². The van der Waals surface area contributed by atoms with E-state index in [1.807, 2.05) is 53.2 Å². The van der Waals surface area contributed by atoms with Gasteiger partial charge in [0.25, 0.3) is 0 Å². The molecule has 80 valence electrons. The molecule has 0 aliphatic carbocycles. The minimum Gasteiger partial charge on any atom is -0.240 e. The van der Waals surface area contributed by atoms with Gasteiger partial charge >= 0.3 is 0 Å². The van der Waals surface area contributed by atoms with Gasteiger partial charge < -0.3 is 0 Å². The predicted octanol–water partition coefficient (Wildman–Crippen LogP) is 2.43. The zero-order valence-electron chi connectivity index (χ0n) is 8.91. The molecule has 0 amide bonds. The Morgan fingerprint density at radius 2 is 1.59 bits per heavy atom. The Morgan fingerprint density at radius 1 is 0.824 bits per heavy atom. The van der Waals surface area contributed by atoms with Crippen LogP contribution in [0, 0.1) is 0 Å². The molecule has 0 spiro atoms. The fraction of sp³-hybridized carbons (Fsp3) is 0. The first-order valence-corrected chi connectivity index (χ1v) is 5.42. The molecule has 0 saturated heterocycles. The molecule has 3 aromatic heterocycles. The van der Waals surface area contributed by atoms with Crippen molar-refractivity contribution in [2.75, 3.05) is 0 Å². The molecule has 0 radical (unpaired) electrons. The van der Waals surface area contributed by atoms with Gasteiger partial charge in [-0.1, -0.05) is 18.2 Å². The van der Waals surface area contributed by atoms with E-state index in [1.165, 1.54) is 0 Å². The summed E-state index contributed by atoms with van der Waals surface area (Å²) in [6, 6.07) is 13.8. The molecule has 0 saturated carbocycles. The molecule has 0 aliphatic heterocycles. The third-order valence-corrected chi connectivity index (χ3v) is 2.84. The molecule has 0 fully saturated rings. The number of aromatic nitrogens is 4. The van der Waals surface area contributed by atoms with E-state index in [2.05, 4.69) is 15.1 Å². The van der Waals surface area contributed by atoms with Gasteiger partial charge in [-0.05, 0) is 24.3 Å². The first kappa shape index (κ1) is 8.64. The average molecular weight is 220 g/mol. The quantitative estimate of drug-likeness (QED) is 0.457. The molecule has 0 aliphatic rings. The van der Waals surface area contributed by atoms with Crippen LogP contribution in [-0.4, -0.2) is 19.6 Å². The third-order valence-electron chi connectivity index (χ3n) is 2.84. The number of para-hydroxylation sites is 2. The summed E-state index contributed by atoms with van der Waals surface area (Å²) in [5.41, 5.74) is 4.31. The van der Waals surface area contributed by atoms with E-state index in [0.717, 1.165) is 22.1 Å². The highest BCUT2D eigenvalue weighted by atomic mass is 15.2. The van der Waals surface area contributed by atoms with Crippen molar-refractivity contribution in [3.05, 3.63) is 48.7 Å². The third kappa shape index (κ3) is 1.15. The molecule has 0 bridgehead atoms. The summed E-state index contributed by atoms with van der Waals surface area (Å²) in [7, 11) is 0. The highest BCUT2D eigenvalue weighted by Gasteiger charge is 2.08. The molecule has 0 N–H and O–H groups in total. The van der Waals surface area contributed by atoms with E-state index >= 15 is 0 Å². The highest BCUT2D eigenvalue weighted by molar-refractivity contribution is 5.93. The average Bonchev–Trinajstić information content (AvgIpc) is 2.73. The molecular weight excluding hydrogens is 212 g/mol. The van der Waals surface area contributed by atoms with Gasteiger partial charge in [0.05, 0.1) is 16.6 Å². The van der Waals surface area contributed by atoms with Crippen molar-refractivity contribution in [1.82, 2.24) is 19.6 Å². The maximum Gasteiger partial charge on any atom is 0.201 e. The topological polar surface area (TPSA) is 43.1 Å². The number of benzene rings is 1. The van der Waals surface area contributed by atoms with Crippen molar-refractivity contribution in [1.29, 1.82) is 0 Å². The van der Waals surface area contributed by atoms with Crippen LogP contribution in [0.2, 0.25) is 0 Å². The van der Waals surface area contributed by atoms with Crippen molar-refractivity contribution < 1.29 is 0 Å². The van der Waals surface area contributed by atoms with Crippen molar-refractivity contribution in [2.24, 2.45) is 0 Å². The molecule has 4 aromatic rings. The summed E-state index contributed by atoms with van der Waals surface area (Å²) in [5, 5.41) is 4.41. The second-order valence-electron chi connectivity index (χ2n) is 3.91. The lowest BCUT2D eigenvalue weighted by Crippen LogP contribution is -1.84. The van der Waals surface area contributed by atoms with Crippen LogP contribution in [0.1, 0.15) is 0 Å². The minimum absolute atomic E-state index is 0.690. The zero-order chi connectivity index (χ0) is 11.2. The summed E-state index contributed by atoms with van der Waals surface area (Å²) < 4.78 is 1.81. The molecule has 4 rings (SSSR count). The fourth-order valence-electron chi connectivity index (χ4n) is 2.04. The van der Waals surface area contributed by atoms with Crippen LogP contribution in [0.5, 0.6) is 0 Å². The maximum absolute atomic E-state index is 4.62. The van der Waals surface area contributed by atoms with Crippen LogP contribution in [0.4, 0.5) is 0 Å². The maximum atomic E-state index is 4.62. The minimum atomic E-state index is 0.690. The number of pyridine rings is 1. The van der Waals surface area contributed by atoms with Crippen LogP contribution >= 0.6 is 0 Å². The van der Waals surface area contributed by atoms with Gasteiger partial charge in [-0.15, -0.1) is 5.10 Å². The molecular formula is C13H8N4. The van der Waals surface area contributed by atoms with Gasteiger partial charge in [-0.2, -0.15) is 0 Å². The lowest BCUT2D eigenvalue weighted by Gasteiger charge is -1.94. The van der Waals surface area contributed by atoms with Gasteiger partial charge in [0.1, 0.15) is 5.52 Å². The van der Waals surface area contributed by atoms with Gasteiger partial charge in [0, 0.05) is 6.20 Å². The number of hydrogen-bond acceptors (Lipinski definition) is 3. The molecule has 0 atom stereocenters. The Labute approximate surface area is 96.5 Å². The lowest BCUT2D eigenvalue weighted by atomic mass is 10.3. The van der Waals surface area contributed by atoms with Crippen molar-refractivity contribution >= 4 is 27.7 Å². The first-order valence-electron chi connectivity index (χ1n) is 5.42. The summed E-state index contributed by atoms with van der Waals surface area (Å²) in [5.74, 6) is 0. The van der Waals surface area contributed by atoms with Gasteiger partial charge in [0.15, 0.2) is 0 Å². The molecule has 17 heavy (non-hydrogen) atoms.